The first-order valence-corrected chi connectivity index (χ1v) is 6.44. The lowest BCUT2D eigenvalue weighted by Gasteiger charge is -2.00. The highest BCUT2D eigenvalue weighted by molar-refractivity contribution is 5.04. The summed E-state index contributed by atoms with van der Waals surface area (Å²) in [4.78, 5) is 0. The van der Waals surface area contributed by atoms with Gasteiger partial charge in [-0.25, -0.2) is 0 Å². The lowest BCUT2D eigenvalue weighted by Crippen LogP contribution is -1.84. The molecule has 0 N–H and O–H groups in total. The average molecular weight is 208 g/mol. The zero-order valence-corrected chi connectivity index (χ0v) is 10.0. The summed E-state index contributed by atoms with van der Waals surface area (Å²) in [6.07, 6.45) is 15.9. The lowest BCUT2D eigenvalue weighted by atomic mass is 10.1. The Morgan fingerprint density at radius 3 is 2.20 bits per heavy atom. The Morgan fingerprint density at radius 2 is 1.60 bits per heavy atom. The minimum Gasteiger partial charge on any atom is -0.472 e. The smallest absolute Gasteiger partial charge is 0.0934 e. The Hall–Kier alpha value is -0.720. The van der Waals surface area contributed by atoms with Crippen LogP contribution in [0.25, 0.3) is 0 Å². The molecule has 1 rings (SSSR count). The van der Waals surface area contributed by atoms with Crippen molar-refractivity contribution in [3.63, 3.8) is 0 Å². The number of hydrogen-bond acceptors (Lipinski definition) is 1. The molecule has 1 aromatic heterocycles. The molecule has 0 saturated carbocycles. The normalized spacial score (nSPS) is 10.7. The molecule has 0 amide bonds. The number of rotatable bonds is 9. The molecule has 1 nitrogen and oxygen atoms in total. The summed E-state index contributed by atoms with van der Waals surface area (Å²) in [6, 6.07) is 2.07. The van der Waals surface area contributed by atoms with E-state index in [9.17, 15) is 0 Å². The predicted octanol–water partition coefficient (Wildman–Crippen LogP) is 4.96. The van der Waals surface area contributed by atoms with Crippen molar-refractivity contribution in [1.82, 2.24) is 0 Å². The second kappa shape index (κ2) is 8.58. The van der Waals surface area contributed by atoms with Crippen LogP contribution in [0.1, 0.15) is 63.9 Å². The maximum Gasteiger partial charge on any atom is 0.0934 e. The van der Waals surface area contributed by atoms with Crippen molar-refractivity contribution in [2.75, 3.05) is 0 Å². The van der Waals surface area contributed by atoms with E-state index in [2.05, 4.69) is 13.0 Å². The van der Waals surface area contributed by atoms with Gasteiger partial charge in [-0.15, -0.1) is 0 Å². The number of furan rings is 1. The highest BCUT2D eigenvalue weighted by Gasteiger charge is 1.95. The molecule has 0 unspecified atom stereocenters. The van der Waals surface area contributed by atoms with Crippen LogP contribution in [0, 0.1) is 0 Å². The van der Waals surface area contributed by atoms with Gasteiger partial charge in [-0.2, -0.15) is 0 Å². The zero-order valence-electron chi connectivity index (χ0n) is 10.0. The van der Waals surface area contributed by atoms with Gasteiger partial charge in [0.05, 0.1) is 12.5 Å². The first-order chi connectivity index (χ1) is 7.43. The molecule has 0 aliphatic rings. The van der Waals surface area contributed by atoms with E-state index in [1.54, 1.807) is 6.26 Å². The third kappa shape index (κ3) is 6.38. The van der Waals surface area contributed by atoms with Gasteiger partial charge in [0.1, 0.15) is 0 Å². The molecule has 86 valence electrons. The predicted molar refractivity (Wildman–Crippen MR) is 65.0 cm³/mol. The molecule has 0 aliphatic heterocycles. The van der Waals surface area contributed by atoms with Gasteiger partial charge >= 0.3 is 0 Å². The number of unbranched alkanes of at least 4 members (excludes halogenated alkanes) is 7. The van der Waals surface area contributed by atoms with E-state index in [1.807, 2.05) is 6.26 Å². The first kappa shape index (κ1) is 12.4. The van der Waals surface area contributed by atoms with Gasteiger partial charge in [0.25, 0.3) is 0 Å². The third-order valence-corrected chi connectivity index (χ3v) is 2.90. The summed E-state index contributed by atoms with van der Waals surface area (Å²) >= 11 is 0. The van der Waals surface area contributed by atoms with E-state index < -0.39 is 0 Å². The van der Waals surface area contributed by atoms with Crippen LogP contribution in [-0.2, 0) is 6.42 Å². The van der Waals surface area contributed by atoms with E-state index in [4.69, 9.17) is 4.42 Å². The van der Waals surface area contributed by atoms with Crippen LogP contribution in [-0.4, -0.2) is 0 Å². The van der Waals surface area contributed by atoms with Crippen molar-refractivity contribution in [1.29, 1.82) is 0 Å². The summed E-state index contributed by atoms with van der Waals surface area (Å²) in [5.74, 6) is 0. The summed E-state index contributed by atoms with van der Waals surface area (Å²) in [6.45, 7) is 2.27. The molecule has 0 spiro atoms. The van der Waals surface area contributed by atoms with E-state index in [-0.39, 0.29) is 0 Å². The highest BCUT2D eigenvalue weighted by Crippen LogP contribution is 2.11. The van der Waals surface area contributed by atoms with Crippen molar-refractivity contribution < 1.29 is 4.42 Å². The summed E-state index contributed by atoms with van der Waals surface area (Å²) < 4.78 is 5.04. The molecule has 1 heteroatoms. The van der Waals surface area contributed by atoms with Crippen molar-refractivity contribution in [3.8, 4) is 0 Å². The van der Waals surface area contributed by atoms with Crippen LogP contribution in [0.2, 0.25) is 0 Å². The molecule has 0 atom stereocenters. The van der Waals surface area contributed by atoms with Crippen LogP contribution in [0.15, 0.2) is 23.0 Å². The standard InChI is InChI=1S/C14H24O/c1-2-3-4-5-6-7-8-9-10-14-11-12-15-13-14/h11-13H,2-10H2,1H3. The van der Waals surface area contributed by atoms with Crippen LogP contribution >= 0.6 is 0 Å². The van der Waals surface area contributed by atoms with Crippen LogP contribution in [0.3, 0.4) is 0 Å². The topological polar surface area (TPSA) is 13.1 Å². The van der Waals surface area contributed by atoms with Gasteiger partial charge in [-0.3, -0.25) is 0 Å². The van der Waals surface area contributed by atoms with Gasteiger partial charge in [0, 0.05) is 0 Å². The molecule has 0 saturated heterocycles. The molecular formula is C14H24O. The first-order valence-electron chi connectivity index (χ1n) is 6.44. The van der Waals surface area contributed by atoms with Crippen LogP contribution in [0.5, 0.6) is 0 Å². The largest absolute Gasteiger partial charge is 0.472 e. The highest BCUT2D eigenvalue weighted by atomic mass is 16.3. The molecule has 0 fully saturated rings. The van der Waals surface area contributed by atoms with Gasteiger partial charge in [0.15, 0.2) is 0 Å². The fourth-order valence-corrected chi connectivity index (χ4v) is 1.90. The summed E-state index contributed by atoms with van der Waals surface area (Å²) in [7, 11) is 0. The molecular weight excluding hydrogens is 184 g/mol. The van der Waals surface area contributed by atoms with Crippen molar-refractivity contribution in [2.24, 2.45) is 0 Å². The third-order valence-electron chi connectivity index (χ3n) is 2.90. The SMILES string of the molecule is CCCCCCCCCCc1ccoc1. The van der Waals surface area contributed by atoms with Gasteiger partial charge in [-0.1, -0.05) is 51.9 Å². The number of hydrogen-bond donors (Lipinski definition) is 0. The molecule has 0 bridgehead atoms. The summed E-state index contributed by atoms with van der Waals surface area (Å²) in [5.41, 5.74) is 1.35. The van der Waals surface area contributed by atoms with E-state index in [1.165, 1.54) is 63.4 Å². The second-order valence-corrected chi connectivity index (χ2v) is 4.36. The Labute approximate surface area is 93.9 Å². The van der Waals surface area contributed by atoms with Crippen molar-refractivity contribution >= 4 is 0 Å². The molecule has 1 heterocycles. The van der Waals surface area contributed by atoms with Crippen molar-refractivity contribution in [3.05, 3.63) is 24.2 Å². The molecule has 0 aliphatic carbocycles. The van der Waals surface area contributed by atoms with E-state index in [0.717, 1.165) is 0 Å². The van der Waals surface area contributed by atoms with Crippen LogP contribution in [0.4, 0.5) is 0 Å². The van der Waals surface area contributed by atoms with Crippen molar-refractivity contribution in [2.45, 2.75) is 64.7 Å². The Bertz CT molecular complexity index is 213. The van der Waals surface area contributed by atoms with E-state index in [0.29, 0.717) is 0 Å². The van der Waals surface area contributed by atoms with Gasteiger partial charge in [0.2, 0.25) is 0 Å². The Kier molecular flexibility index (Phi) is 7.06. The van der Waals surface area contributed by atoms with Gasteiger partial charge < -0.3 is 4.42 Å². The fourth-order valence-electron chi connectivity index (χ4n) is 1.90. The number of aryl methyl sites for hydroxylation is 1. The maximum absolute atomic E-state index is 5.04. The van der Waals surface area contributed by atoms with E-state index >= 15 is 0 Å². The maximum atomic E-state index is 5.04. The minimum absolute atomic E-state index is 1.19. The Morgan fingerprint density at radius 1 is 0.933 bits per heavy atom. The molecule has 1 aromatic rings. The lowest BCUT2D eigenvalue weighted by molar-refractivity contribution is 0.557. The van der Waals surface area contributed by atoms with Gasteiger partial charge in [-0.05, 0) is 24.5 Å². The van der Waals surface area contributed by atoms with Crippen LogP contribution < -0.4 is 0 Å². The average Bonchev–Trinajstić information content (AvgIpc) is 2.75. The zero-order chi connectivity index (χ0) is 10.8. The summed E-state index contributed by atoms with van der Waals surface area (Å²) in [5, 5.41) is 0. The molecule has 0 aromatic carbocycles. The fraction of sp³-hybridized carbons (Fsp3) is 0.714. The quantitative estimate of drug-likeness (QED) is 0.523. The minimum atomic E-state index is 1.19. The Balaban J connectivity index is 1.81. The second-order valence-electron chi connectivity index (χ2n) is 4.36. The molecule has 0 radical (unpaired) electrons. The molecule has 15 heavy (non-hydrogen) atoms. The monoisotopic (exact) mass is 208 g/mol.